The second-order valence-corrected chi connectivity index (χ2v) is 6.55. The lowest BCUT2D eigenvalue weighted by Gasteiger charge is -2.35. The van der Waals surface area contributed by atoms with Crippen LogP contribution in [0.25, 0.3) is 0 Å². The largest absolute Gasteiger partial charge is 0.497 e. The third-order valence-electron chi connectivity index (χ3n) is 4.83. The van der Waals surface area contributed by atoms with Gasteiger partial charge in [0.15, 0.2) is 0 Å². The fourth-order valence-corrected chi connectivity index (χ4v) is 3.52. The molecular weight excluding hydrogens is 375 g/mol. The minimum Gasteiger partial charge on any atom is -0.497 e. The number of carbonyl (C=O) groups excluding carboxylic acids is 1. The predicted octanol–water partition coefficient (Wildman–Crippen LogP) is 2.79. The minimum absolute atomic E-state index is 0.0358. The van der Waals surface area contributed by atoms with Gasteiger partial charge in [0.1, 0.15) is 23.1 Å². The number of rotatable bonds is 2. The number of amides is 1. The summed E-state index contributed by atoms with van der Waals surface area (Å²) in [7, 11) is 1.52. The number of carbonyl (C=O) groups is 1. The first-order valence-corrected chi connectivity index (χ1v) is 8.34. The van der Waals surface area contributed by atoms with E-state index in [1.807, 2.05) is 5.32 Å². The molecule has 0 saturated heterocycles. The lowest BCUT2D eigenvalue weighted by atomic mass is 9.73. The summed E-state index contributed by atoms with van der Waals surface area (Å²) in [6, 6.07) is 10.3. The van der Waals surface area contributed by atoms with Crippen LogP contribution in [0.5, 0.6) is 17.2 Å². The van der Waals surface area contributed by atoms with E-state index in [4.69, 9.17) is 15.2 Å². The number of nitrogens with two attached hydrogens (primary N) is 1. The number of hydrogen-bond acceptors (Lipinski definition) is 5. The molecule has 2 aliphatic heterocycles. The van der Waals surface area contributed by atoms with Gasteiger partial charge in [-0.1, -0.05) is 0 Å². The molecule has 2 aromatic rings. The normalized spacial score (nSPS) is 19.8. The molecule has 0 unspecified atom stereocenters. The first-order chi connectivity index (χ1) is 13.2. The maximum atomic E-state index is 12.6. The standard InChI is InChI=1S/C19H16F3N3O3/c1-27-11-3-5-15-13(7-11)18(12-6-10(23)2-4-14(12)28-15)8-16(24-9-18)25-17(26)19(20,21)22/h2-8,24H,9,23H2,1H3,(H,25,26)/t18-/m0/s1. The molecule has 2 aromatic carbocycles. The number of methoxy groups -OCH3 is 1. The first-order valence-electron chi connectivity index (χ1n) is 8.34. The number of nitrogen functional groups attached to an aromatic ring is 1. The summed E-state index contributed by atoms with van der Waals surface area (Å²) >= 11 is 0. The summed E-state index contributed by atoms with van der Waals surface area (Å²) in [6.45, 7) is 0.209. The molecule has 1 atom stereocenters. The fraction of sp³-hybridized carbons (Fsp3) is 0.211. The molecule has 1 spiro atoms. The lowest BCUT2D eigenvalue weighted by Crippen LogP contribution is -2.39. The predicted molar refractivity (Wildman–Crippen MR) is 95.0 cm³/mol. The zero-order chi connectivity index (χ0) is 20.1. The highest BCUT2D eigenvalue weighted by atomic mass is 19.4. The molecule has 2 aliphatic rings. The molecule has 2 heterocycles. The van der Waals surface area contributed by atoms with Crippen molar-refractivity contribution in [2.45, 2.75) is 11.6 Å². The van der Waals surface area contributed by atoms with Crippen molar-refractivity contribution in [2.75, 3.05) is 19.4 Å². The fourth-order valence-electron chi connectivity index (χ4n) is 3.52. The van der Waals surface area contributed by atoms with E-state index in [2.05, 4.69) is 5.32 Å². The Kier molecular flexibility index (Phi) is 3.91. The van der Waals surface area contributed by atoms with Gasteiger partial charge in [0.05, 0.1) is 12.5 Å². The zero-order valence-corrected chi connectivity index (χ0v) is 14.7. The summed E-state index contributed by atoms with van der Waals surface area (Å²) < 4.78 is 49.2. The van der Waals surface area contributed by atoms with Crippen LogP contribution >= 0.6 is 0 Å². The maximum absolute atomic E-state index is 12.6. The number of anilines is 1. The van der Waals surface area contributed by atoms with Crippen molar-refractivity contribution >= 4 is 11.6 Å². The monoisotopic (exact) mass is 391 g/mol. The highest BCUT2D eigenvalue weighted by Crippen LogP contribution is 2.51. The van der Waals surface area contributed by atoms with Gasteiger partial charge in [-0.05, 0) is 42.5 Å². The Labute approximate surface area is 158 Å². The highest BCUT2D eigenvalue weighted by Gasteiger charge is 2.46. The SMILES string of the molecule is COc1ccc2c(c1)[C@]1(C=C(NC(=O)C(F)(F)F)NC1)c1cc(N)ccc1O2. The molecule has 0 fully saturated rings. The van der Waals surface area contributed by atoms with Gasteiger partial charge >= 0.3 is 12.1 Å². The molecule has 0 aromatic heterocycles. The quantitative estimate of drug-likeness (QED) is 0.686. The summed E-state index contributed by atoms with van der Waals surface area (Å²) in [5.74, 6) is -0.441. The summed E-state index contributed by atoms with van der Waals surface area (Å²) in [6.07, 6.45) is -3.44. The second kappa shape index (κ2) is 6.08. The van der Waals surface area contributed by atoms with Crippen molar-refractivity contribution in [3.05, 3.63) is 59.4 Å². The Bertz CT molecular complexity index is 1000. The van der Waals surface area contributed by atoms with Crippen molar-refractivity contribution in [3.63, 3.8) is 0 Å². The molecule has 6 nitrogen and oxygen atoms in total. The molecule has 4 N–H and O–H groups in total. The van der Waals surface area contributed by atoms with Crippen LogP contribution in [0.4, 0.5) is 18.9 Å². The Hall–Kier alpha value is -3.36. The average molecular weight is 391 g/mol. The number of alkyl halides is 3. The van der Waals surface area contributed by atoms with Gasteiger partial charge < -0.3 is 25.8 Å². The van der Waals surface area contributed by atoms with Gasteiger partial charge in [-0.2, -0.15) is 13.2 Å². The second-order valence-electron chi connectivity index (χ2n) is 6.55. The van der Waals surface area contributed by atoms with Crippen LogP contribution in [-0.4, -0.2) is 25.7 Å². The molecule has 146 valence electrons. The van der Waals surface area contributed by atoms with E-state index in [-0.39, 0.29) is 12.4 Å². The molecule has 0 bridgehead atoms. The van der Waals surface area contributed by atoms with Crippen molar-refractivity contribution in [1.29, 1.82) is 0 Å². The lowest BCUT2D eigenvalue weighted by molar-refractivity contribution is -0.172. The van der Waals surface area contributed by atoms with E-state index >= 15 is 0 Å². The molecule has 0 aliphatic carbocycles. The van der Waals surface area contributed by atoms with Crippen LogP contribution in [0.1, 0.15) is 11.1 Å². The number of benzene rings is 2. The van der Waals surface area contributed by atoms with E-state index in [0.717, 1.165) is 0 Å². The van der Waals surface area contributed by atoms with Crippen LogP contribution in [0.15, 0.2) is 48.3 Å². The smallest absolute Gasteiger partial charge is 0.471 e. The molecule has 4 rings (SSSR count). The number of nitrogens with one attached hydrogen (secondary N) is 2. The van der Waals surface area contributed by atoms with E-state index in [1.54, 1.807) is 42.5 Å². The Morgan fingerprint density at radius 3 is 2.57 bits per heavy atom. The Balaban J connectivity index is 1.86. The van der Waals surface area contributed by atoms with Crippen molar-refractivity contribution in [1.82, 2.24) is 10.6 Å². The van der Waals surface area contributed by atoms with Gasteiger partial charge in [0.25, 0.3) is 0 Å². The third-order valence-corrected chi connectivity index (χ3v) is 4.83. The average Bonchev–Trinajstić information content (AvgIpc) is 3.06. The molecular formula is C19H16F3N3O3. The van der Waals surface area contributed by atoms with E-state index in [1.165, 1.54) is 7.11 Å². The van der Waals surface area contributed by atoms with Crippen LogP contribution in [0, 0.1) is 0 Å². The van der Waals surface area contributed by atoms with Crippen molar-refractivity contribution in [3.8, 4) is 17.2 Å². The summed E-state index contributed by atoms with van der Waals surface area (Å²) in [5.41, 5.74) is 6.90. The van der Waals surface area contributed by atoms with Crippen LogP contribution in [0.2, 0.25) is 0 Å². The van der Waals surface area contributed by atoms with E-state index < -0.39 is 17.5 Å². The van der Waals surface area contributed by atoms with Gasteiger partial charge in [0.2, 0.25) is 0 Å². The van der Waals surface area contributed by atoms with Gasteiger partial charge in [-0.25, -0.2) is 0 Å². The van der Waals surface area contributed by atoms with Crippen LogP contribution in [-0.2, 0) is 10.2 Å². The number of ether oxygens (including phenoxy) is 2. The topological polar surface area (TPSA) is 85.6 Å². The third kappa shape index (κ3) is 2.79. The molecule has 28 heavy (non-hydrogen) atoms. The van der Waals surface area contributed by atoms with E-state index in [9.17, 15) is 18.0 Å². The van der Waals surface area contributed by atoms with Gasteiger partial charge in [-0.3, -0.25) is 4.79 Å². The Morgan fingerprint density at radius 1 is 1.21 bits per heavy atom. The summed E-state index contributed by atoms with van der Waals surface area (Å²) in [5, 5.41) is 4.73. The number of hydrogen-bond donors (Lipinski definition) is 3. The van der Waals surface area contributed by atoms with Gasteiger partial charge in [0, 0.05) is 23.4 Å². The molecule has 0 saturated carbocycles. The van der Waals surface area contributed by atoms with Gasteiger partial charge in [-0.15, -0.1) is 0 Å². The van der Waals surface area contributed by atoms with Crippen molar-refractivity contribution < 1.29 is 27.4 Å². The zero-order valence-electron chi connectivity index (χ0n) is 14.7. The van der Waals surface area contributed by atoms with Crippen LogP contribution in [0.3, 0.4) is 0 Å². The highest BCUT2D eigenvalue weighted by molar-refractivity contribution is 5.83. The molecule has 0 radical (unpaired) electrons. The summed E-state index contributed by atoms with van der Waals surface area (Å²) in [4.78, 5) is 11.4. The Morgan fingerprint density at radius 2 is 1.89 bits per heavy atom. The molecule has 9 heteroatoms. The molecule has 1 amide bonds. The first kappa shape index (κ1) is 18.0. The minimum atomic E-state index is -4.99. The van der Waals surface area contributed by atoms with Crippen LogP contribution < -0.4 is 25.8 Å². The number of halogens is 3. The number of fused-ring (bicyclic) bond motifs is 4. The maximum Gasteiger partial charge on any atom is 0.471 e. The van der Waals surface area contributed by atoms with Crippen molar-refractivity contribution in [2.24, 2.45) is 0 Å². The van der Waals surface area contributed by atoms with E-state index in [0.29, 0.717) is 34.1 Å².